The number of likely N-dealkylation sites (N-methyl/N-ethyl adjacent to an activating group) is 1. The maximum Gasteiger partial charge on any atom is 0.239 e. The number of carbonyl (C=O) groups is 1. The van der Waals surface area contributed by atoms with Crippen molar-refractivity contribution in [2.75, 3.05) is 32.0 Å². The Labute approximate surface area is 104 Å². The Balaban J connectivity index is 1.87. The lowest BCUT2D eigenvalue weighted by Crippen LogP contribution is -2.57. The van der Waals surface area contributed by atoms with Crippen molar-refractivity contribution in [3.05, 3.63) is 17.0 Å². The molecule has 1 aliphatic heterocycles. The number of amides is 1. The zero-order valence-corrected chi connectivity index (χ0v) is 10.4. The molecule has 0 saturated carbocycles. The Morgan fingerprint density at radius 2 is 2.53 bits per heavy atom. The second kappa shape index (κ2) is 5.27. The second-order valence-electron chi connectivity index (χ2n) is 4.05. The molecule has 0 bridgehead atoms. The SMILES string of the molecule is CN(CC(=O)Nc1sccc1C#N)C1CNC1. The van der Waals surface area contributed by atoms with Crippen molar-refractivity contribution < 1.29 is 4.79 Å². The third kappa shape index (κ3) is 2.82. The fourth-order valence-corrected chi connectivity index (χ4v) is 2.35. The van der Waals surface area contributed by atoms with E-state index in [0.29, 0.717) is 23.2 Å². The van der Waals surface area contributed by atoms with Gasteiger partial charge in [0.2, 0.25) is 5.91 Å². The van der Waals surface area contributed by atoms with Crippen molar-refractivity contribution in [3.8, 4) is 6.07 Å². The summed E-state index contributed by atoms with van der Waals surface area (Å²) >= 11 is 1.37. The molecule has 2 heterocycles. The van der Waals surface area contributed by atoms with Crippen LogP contribution >= 0.6 is 11.3 Å². The van der Waals surface area contributed by atoms with E-state index in [1.807, 2.05) is 11.9 Å². The highest BCUT2D eigenvalue weighted by Gasteiger charge is 2.23. The second-order valence-corrected chi connectivity index (χ2v) is 4.97. The van der Waals surface area contributed by atoms with Gasteiger partial charge in [-0.25, -0.2) is 0 Å². The van der Waals surface area contributed by atoms with Gasteiger partial charge in [0.1, 0.15) is 11.1 Å². The van der Waals surface area contributed by atoms with E-state index in [0.717, 1.165) is 13.1 Å². The van der Waals surface area contributed by atoms with Crippen molar-refractivity contribution in [1.82, 2.24) is 10.2 Å². The van der Waals surface area contributed by atoms with Crippen LogP contribution in [0.4, 0.5) is 5.00 Å². The van der Waals surface area contributed by atoms with Gasteiger partial charge in [0.25, 0.3) is 0 Å². The number of hydrogen-bond donors (Lipinski definition) is 2. The summed E-state index contributed by atoms with van der Waals surface area (Å²) in [6.07, 6.45) is 0. The molecule has 17 heavy (non-hydrogen) atoms. The summed E-state index contributed by atoms with van der Waals surface area (Å²) < 4.78 is 0. The van der Waals surface area contributed by atoms with Crippen LogP contribution in [0.15, 0.2) is 11.4 Å². The van der Waals surface area contributed by atoms with Gasteiger partial charge in [0, 0.05) is 19.1 Å². The molecule has 1 aromatic rings. The van der Waals surface area contributed by atoms with Gasteiger partial charge in [-0.2, -0.15) is 5.26 Å². The minimum atomic E-state index is -0.0710. The van der Waals surface area contributed by atoms with Crippen molar-refractivity contribution in [1.29, 1.82) is 5.26 Å². The van der Waals surface area contributed by atoms with E-state index in [1.165, 1.54) is 11.3 Å². The maximum absolute atomic E-state index is 11.8. The number of rotatable bonds is 4. The molecule has 1 aliphatic rings. The Kier molecular flexibility index (Phi) is 3.74. The first-order valence-electron chi connectivity index (χ1n) is 5.39. The molecule has 0 radical (unpaired) electrons. The fraction of sp³-hybridized carbons (Fsp3) is 0.455. The molecule has 0 aromatic carbocycles. The molecule has 1 amide bonds. The first kappa shape index (κ1) is 12.0. The van der Waals surface area contributed by atoms with Gasteiger partial charge in [0.05, 0.1) is 12.1 Å². The van der Waals surface area contributed by atoms with Gasteiger partial charge in [-0.3, -0.25) is 9.69 Å². The van der Waals surface area contributed by atoms with E-state index in [4.69, 9.17) is 5.26 Å². The van der Waals surface area contributed by atoms with E-state index in [1.54, 1.807) is 11.4 Å². The van der Waals surface area contributed by atoms with Crippen LogP contribution in [0.1, 0.15) is 5.56 Å². The van der Waals surface area contributed by atoms with E-state index in [2.05, 4.69) is 16.7 Å². The summed E-state index contributed by atoms with van der Waals surface area (Å²) in [4.78, 5) is 13.8. The third-order valence-electron chi connectivity index (χ3n) is 2.81. The Morgan fingerprint density at radius 1 is 1.76 bits per heavy atom. The molecule has 1 aromatic heterocycles. The molecule has 5 nitrogen and oxygen atoms in total. The van der Waals surface area contributed by atoms with Crippen LogP contribution in [-0.2, 0) is 4.79 Å². The van der Waals surface area contributed by atoms with Crippen LogP contribution in [-0.4, -0.2) is 43.5 Å². The molecule has 6 heteroatoms. The Bertz CT molecular complexity index is 447. The molecule has 0 atom stereocenters. The first-order valence-corrected chi connectivity index (χ1v) is 6.27. The highest BCUT2D eigenvalue weighted by Crippen LogP contribution is 2.21. The standard InChI is InChI=1S/C11H14N4OS/c1-15(9-5-13-6-9)7-10(16)14-11-8(4-12)2-3-17-11/h2-3,9,13H,5-7H2,1H3,(H,14,16). The summed E-state index contributed by atoms with van der Waals surface area (Å²) in [5.41, 5.74) is 0.524. The van der Waals surface area contributed by atoms with Crippen LogP contribution in [0.3, 0.4) is 0 Å². The van der Waals surface area contributed by atoms with Crippen LogP contribution < -0.4 is 10.6 Å². The van der Waals surface area contributed by atoms with E-state index < -0.39 is 0 Å². The predicted molar refractivity (Wildman–Crippen MR) is 67.0 cm³/mol. The molecule has 90 valence electrons. The molecular formula is C11H14N4OS. The quantitative estimate of drug-likeness (QED) is 0.814. The van der Waals surface area contributed by atoms with Crippen LogP contribution in [0.25, 0.3) is 0 Å². The number of nitrogens with one attached hydrogen (secondary N) is 2. The monoisotopic (exact) mass is 250 g/mol. The summed E-state index contributed by atoms with van der Waals surface area (Å²) in [6.45, 7) is 2.23. The van der Waals surface area contributed by atoms with Gasteiger partial charge < -0.3 is 10.6 Å². The van der Waals surface area contributed by atoms with Crippen molar-refractivity contribution in [3.63, 3.8) is 0 Å². The van der Waals surface area contributed by atoms with E-state index >= 15 is 0 Å². The van der Waals surface area contributed by atoms with Gasteiger partial charge in [-0.05, 0) is 18.5 Å². The molecule has 0 aliphatic carbocycles. The topological polar surface area (TPSA) is 68.2 Å². The summed E-state index contributed by atoms with van der Waals surface area (Å²) in [5.74, 6) is -0.0710. The normalized spacial score (nSPS) is 15.4. The van der Waals surface area contributed by atoms with Gasteiger partial charge >= 0.3 is 0 Å². The lowest BCUT2D eigenvalue weighted by Gasteiger charge is -2.35. The molecule has 0 unspecified atom stereocenters. The van der Waals surface area contributed by atoms with E-state index in [-0.39, 0.29) is 5.91 Å². The van der Waals surface area contributed by atoms with Crippen LogP contribution in [0.2, 0.25) is 0 Å². The summed E-state index contributed by atoms with van der Waals surface area (Å²) in [5, 5.41) is 17.2. The summed E-state index contributed by atoms with van der Waals surface area (Å²) in [6, 6.07) is 4.20. The first-order chi connectivity index (χ1) is 8.20. The van der Waals surface area contributed by atoms with E-state index in [9.17, 15) is 4.79 Å². The van der Waals surface area contributed by atoms with Crippen molar-refractivity contribution in [2.45, 2.75) is 6.04 Å². The predicted octanol–water partition coefficient (Wildman–Crippen LogP) is 0.462. The molecular weight excluding hydrogens is 236 g/mol. The minimum Gasteiger partial charge on any atom is -0.315 e. The van der Waals surface area contributed by atoms with Gasteiger partial charge in [0.15, 0.2) is 0 Å². The number of anilines is 1. The van der Waals surface area contributed by atoms with Crippen LogP contribution in [0.5, 0.6) is 0 Å². The number of carbonyl (C=O) groups excluding carboxylic acids is 1. The number of nitriles is 1. The molecule has 1 fully saturated rings. The van der Waals surface area contributed by atoms with Gasteiger partial charge in [-0.15, -0.1) is 11.3 Å². The molecule has 2 rings (SSSR count). The smallest absolute Gasteiger partial charge is 0.239 e. The average molecular weight is 250 g/mol. The minimum absolute atomic E-state index is 0.0710. The van der Waals surface area contributed by atoms with Gasteiger partial charge in [-0.1, -0.05) is 0 Å². The van der Waals surface area contributed by atoms with Crippen molar-refractivity contribution >= 4 is 22.2 Å². The highest BCUT2D eigenvalue weighted by atomic mass is 32.1. The Hall–Kier alpha value is -1.42. The number of nitrogens with zero attached hydrogens (tertiary/aromatic N) is 2. The van der Waals surface area contributed by atoms with Crippen LogP contribution in [0, 0.1) is 11.3 Å². The third-order valence-corrected chi connectivity index (χ3v) is 3.64. The zero-order valence-electron chi connectivity index (χ0n) is 9.56. The zero-order chi connectivity index (χ0) is 12.3. The fourth-order valence-electron chi connectivity index (χ4n) is 1.60. The molecule has 0 spiro atoms. The molecule has 1 saturated heterocycles. The average Bonchev–Trinajstić information content (AvgIpc) is 2.61. The lowest BCUT2D eigenvalue weighted by molar-refractivity contribution is -0.117. The summed E-state index contributed by atoms with van der Waals surface area (Å²) in [7, 11) is 1.94. The Morgan fingerprint density at radius 3 is 3.12 bits per heavy atom. The highest BCUT2D eigenvalue weighted by molar-refractivity contribution is 7.14. The number of thiophene rings is 1. The molecule has 2 N–H and O–H groups in total. The van der Waals surface area contributed by atoms with Crippen molar-refractivity contribution in [2.24, 2.45) is 0 Å². The largest absolute Gasteiger partial charge is 0.315 e. The number of hydrogen-bond acceptors (Lipinski definition) is 5. The lowest BCUT2D eigenvalue weighted by atomic mass is 10.1. The maximum atomic E-state index is 11.8.